The highest BCUT2D eigenvalue weighted by Crippen LogP contribution is 2.37. The van der Waals surface area contributed by atoms with E-state index in [1.54, 1.807) is 0 Å². The molecule has 1 saturated heterocycles. The van der Waals surface area contributed by atoms with Gasteiger partial charge in [-0.15, -0.1) is 23.7 Å². The average Bonchev–Trinajstić information content (AvgIpc) is 3.08. The van der Waals surface area contributed by atoms with E-state index in [2.05, 4.69) is 59.5 Å². The summed E-state index contributed by atoms with van der Waals surface area (Å²) in [4.78, 5) is 8.66. The maximum Gasteiger partial charge on any atom is 0.108 e. The van der Waals surface area contributed by atoms with Crippen LogP contribution in [0.4, 0.5) is 0 Å². The molecule has 1 aromatic heterocycles. The summed E-state index contributed by atoms with van der Waals surface area (Å²) in [5.41, 5.74) is 3.51. The van der Waals surface area contributed by atoms with Gasteiger partial charge in [-0.05, 0) is 5.56 Å². The van der Waals surface area contributed by atoms with Crippen molar-refractivity contribution in [1.82, 2.24) is 9.88 Å². The Kier molecular flexibility index (Phi) is 6.21. The van der Waals surface area contributed by atoms with Crippen LogP contribution in [0.15, 0.2) is 60.7 Å². The standard InChI is InChI=1S/C20H20N2OS.ClH/c1-3-7-16(8-4-1)19-20(17-9-5-2-6-10-17)24-18(21-19)15-22-11-13-23-14-12-22;/h1-10H,11-15H2;1H. The van der Waals surface area contributed by atoms with Crippen LogP contribution in [-0.2, 0) is 11.3 Å². The molecule has 0 amide bonds. The van der Waals surface area contributed by atoms with E-state index in [4.69, 9.17) is 9.72 Å². The lowest BCUT2D eigenvalue weighted by Gasteiger charge is -2.25. The van der Waals surface area contributed by atoms with Gasteiger partial charge in [-0.1, -0.05) is 60.7 Å². The molecule has 5 heteroatoms. The van der Waals surface area contributed by atoms with Crippen molar-refractivity contribution in [2.45, 2.75) is 6.54 Å². The second-order valence-corrected chi connectivity index (χ2v) is 6.99. The molecule has 25 heavy (non-hydrogen) atoms. The summed E-state index contributed by atoms with van der Waals surface area (Å²) < 4.78 is 5.45. The molecule has 1 fully saturated rings. The van der Waals surface area contributed by atoms with Crippen molar-refractivity contribution in [3.05, 3.63) is 65.7 Å². The quantitative estimate of drug-likeness (QED) is 0.662. The normalized spacial score (nSPS) is 14.9. The fourth-order valence-corrected chi connectivity index (χ4v) is 4.09. The Balaban J connectivity index is 0.00000182. The number of aromatic nitrogens is 1. The van der Waals surface area contributed by atoms with Gasteiger partial charge in [0, 0.05) is 18.7 Å². The molecule has 2 aromatic carbocycles. The van der Waals surface area contributed by atoms with Gasteiger partial charge in [0.1, 0.15) is 5.01 Å². The number of ether oxygens (including phenoxy) is 1. The molecule has 1 aliphatic heterocycles. The average molecular weight is 373 g/mol. The molecular weight excluding hydrogens is 352 g/mol. The number of benzene rings is 2. The van der Waals surface area contributed by atoms with Gasteiger partial charge in [0.15, 0.2) is 0 Å². The number of rotatable bonds is 4. The van der Waals surface area contributed by atoms with Crippen molar-refractivity contribution in [2.24, 2.45) is 0 Å². The molecule has 3 nitrogen and oxygen atoms in total. The maximum atomic E-state index is 5.45. The first-order valence-electron chi connectivity index (χ1n) is 8.31. The monoisotopic (exact) mass is 372 g/mol. The smallest absolute Gasteiger partial charge is 0.108 e. The van der Waals surface area contributed by atoms with Gasteiger partial charge >= 0.3 is 0 Å². The minimum Gasteiger partial charge on any atom is -0.379 e. The Labute approximate surface area is 158 Å². The molecule has 0 radical (unpaired) electrons. The third kappa shape index (κ3) is 4.28. The summed E-state index contributed by atoms with van der Waals surface area (Å²) in [5.74, 6) is 0. The van der Waals surface area contributed by atoms with Crippen LogP contribution in [0.25, 0.3) is 21.7 Å². The van der Waals surface area contributed by atoms with Gasteiger partial charge in [-0.2, -0.15) is 0 Å². The highest BCUT2D eigenvalue weighted by molar-refractivity contribution is 7.15. The zero-order valence-electron chi connectivity index (χ0n) is 13.9. The van der Waals surface area contributed by atoms with E-state index in [1.165, 1.54) is 21.0 Å². The van der Waals surface area contributed by atoms with Crippen LogP contribution in [0.1, 0.15) is 5.01 Å². The topological polar surface area (TPSA) is 25.4 Å². The van der Waals surface area contributed by atoms with Crippen LogP contribution in [-0.4, -0.2) is 36.2 Å². The number of hydrogen-bond donors (Lipinski definition) is 0. The molecule has 0 saturated carbocycles. The van der Waals surface area contributed by atoms with E-state index in [0.717, 1.165) is 38.5 Å². The van der Waals surface area contributed by atoms with E-state index < -0.39 is 0 Å². The second kappa shape index (κ2) is 8.59. The highest BCUT2D eigenvalue weighted by atomic mass is 35.5. The summed E-state index contributed by atoms with van der Waals surface area (Å²) in [6, 6.07) is 21.0. The Hall–Kier alpha value is -1.72. The molecule has 0 atom stereocenters. The molecule has 0 aliphatic carbocycles. The molecular formula is C20H21ClN2OS. The van der Waals surface area contributed by atoms with Gasteiger partial charge < -0.3 is 4.74 Å². The van der Waals surface area contributed by atoms with Crippen molar-refractivity contribution >= 4 is 23.7 Å². The summed E-state index contributed by atoms with van der Waals surface area (Å²) in [6.45, 7) is 4.52. The van der Waals surface area contributed by atoms with E-state index in [0.29, 0.717) is 0 Å². The predicted molar refractivity (Wildman–Crippen MR) is 106 cm³/mol. The molecule has 2 heterocycles. The zero-order chi connectivity index (χ0) is 16.2. The molecule has 0 unspecified atom stereocenters. The Morgan fingerprint density at radius 3 is 2.12 bits per heavy atom. The first-order chi connectivity index (χ1) is 11.9. The molecule has 0 spiro atoms. The van der Waals surface area contributed by atoms with Crippen molar-refractivity contribution in [3.63, 3.8) is 0 Å². The van der Waals surface area contributed by atoms with Crippen LogP contribution >= 0.6 is 23.7 Å². The minimum atomic E-state index is 0. The maximum absolute atomic E-state index is 5.45. The molecule has 0 bridgehead atoms. The van der Waals surface area contributed by atoms with Gasteiger partial charge in [0.2, 0.25) is 0 Å². The Bertz CT molecular complexity index is 729. The first-order valence-corrected chi connectivity index (χ1v) is 9.12. The molecule has 0 N–H and O–H groups in total. The first kappa shape index (κ1) is 18.1. The SMILES string of the molecule is Cl.c1ccc(-c2nc(CN3CCOCC3)sc2-c2ccccc2)cc1. The van der Waals surface area contributed by atoms with Gasteiger partial charge in [-0.3, -0.25) is 4.90 Å². The second-order valence-electron chi connectivity index (χ2n) is 5.91. The third-order valence-electron chi connectivity index (χ3n) is 4.22. The summed E-state index contributed by atoms with van der Waals surface area (Å²) in [5, 5.41) is 1.18. The third-order valence-corrected chi connectivity index (χ3v) is 5.31. The van der Waals surface area contributed by atoms with Crippen LogP contribution < -0.4 is 0 Å². The molecule has 130 valence electrons. The lowest BCUT2D eigenvalue weighted by Crippen LogP contribution is -2.35. The predicted octanol–water partition coefficient (Wildman–Crippen LogP) is 4.73. The Morgan fingerprint density at radius 1 is 0.880 bits per heavy atom. The van der Waals surface area contributed by atoms with Crippen LogP contribution in [0.2, 0.25) is 0 Å². The van der Waals surface area contributed by atoms with Crippen LogP contribution in [0.5, 0.6) is 0 Å². The number of halogens is 1. The minimum absolute atomic E-state index is 0. The fourth-order valence-electron chi connectivity index (χ4n) is 2.96. The van der Waals surface area contributed by atoms with Crippen molar-refractivity contribution in [3.8, 4) is 21.7 Å². The Morgan fingerprint density at radius 2 is 1.48 bits per heavy atom. The van der Waals surface area contributed by atoms with E-state index >= 15 is 0 Å². The lowest BCUT2D eigenvalue weighted by molar-refractivity contribution is 0.0342. The number of nitrogens with zero attached hydrogens (tertiary/aromatic N) is 2. The van der Waals surface area contributed by atoms with Crippen molar-refractivity contribution in [2.75, 3.05) is 26.3 Å². The molecule has 4 rings (SSSR count). The molecule has 3 aromatic rings. The van der Waals surface area contributed by atoms with Crippen LogP contribution in [0.3, 0.4) is 0 Å². The number of morpholine rings is 1. The van der Waals surface area contributed by atoms with Crippen molar-refractivity contribution < 1.29 is 4.74 Å². The summed E-state index contributed by atoms with van der Waals surface area (Å²) >= 11 is 1.81. The highest BCUT2D eigenvalue weighted by Gasteiger charge is 2.18. The van der Waals surface area contributed by atoms with Gasteiger partial charge in [-0.25, -0.2) is 4.98 Å². The lowest BCUT2D eigenvalue weighted by atomic mass is 10.1. The number of thiazole rings is 1. The van der Waals surface area contributed by atoms with Crippen molar-refractivity contribution in [1.29, 1.82) is 0 Å². The number of hydrogen-bond acceptors (Lipinski definition) is 4. The van der Waals surface area contributed by atoms with Gasteiger partial charge in [0.25, 0.3) is 0 Å². The van der Waals surface area contributed by atoms with E-state index in [1.807, 2.05) is 17.4 Å². The summed E-state index contributed by atoms with van der Waals surface area (Å²) in [6.07, 6.45) is 0. The summed E-state index contributed by atoms with van der Waals surface area (Å²) in [7, 11) is 0. The van der Waals surface area contributed by atoms with Gasteiger partial charge in [0.05, 0.1) is 30.3 Å². The van der Waals surface area contributed by atoms with Crippen LogP contribution in [0, 0.1) is 0 Å². The zero-order valence-corrected chi connectivity index (χ0v) is 15.6. The largest absolute Gasteiger partial charge is 0.379 e. The molecule has 1 aliphatic rings. The van der Waals surface area contributed by atoms with E-state index in [9.17, 15) is 0 Å². The van der Waals surface area contributed by atoms with E-state index in [-0.39, 0.29) is 12.4 Å². The fraction of sp³-hybridized carbons (Fsp3) is 0.250.